The highest BCUT2D eigenvalue weighted by molar-refractivity contribution is 5.29. The number of hydrogen-bond acceptors (Lipinski definition) is 2. The number of alkyl halides is 3. The third-order valence-electron chi connectivity index (χ3n) is 3.13. The third-order valence-corrected chi connectivity index (χ3v) is 3.13. The van der Waals surface area contributed by atoms with Crippen molar-refractivity contribution in [3.05, 3.63) is 65.7 Å². The number of ether oxygens (including phenoxy) is 1. The Morgan fingerprint density at radius 1 is 0.952 bits per heavy atom. The van der Waals surface area contributed by atoms with Gasteiger partial charge in [0.15, 0.2) is 0 Å². The summed E-state index contributed by atoms with van der Waals surface area (Å²) in [5, 5.41) is 0. The van der Waals surface area contributed by atoms with E-state index in [2.05, 4.69) is 4.74 Å². The average molecular weight is 295 g/mol. The molecule has 0 spiro atoms. The minimum atomic E-state index is -4.67. The lowest BCUT2D eigenvalue weighted by atomic mass is 10.00. The quantitative estimate of drug-likeness (QED) is 0.896. The molecule has 2 aromatic rings. The maximum absolute atomic E-state index is 12.1. The summed E-state index contributed by atoms with van der Waals surface area (Å²) in [5.41, 5.74) is 8.03. The minimum absolute atomic E-state index is 0.217. The zero-order valence-electron chi connectivity index (χ0n) is 11.3. The standard InChI is InChI=1S/C16H16F3NO/c17-16(18,19)21-14-9-7-13(8-10-14)15(20)11-6-12-4-2-1-3-5-12/h1-5,7-10,15H,6,11,20H2. The fraction of sp³-hybridized carbons (Fsp3) is 0.250. The van der Waals surface area contributed by atoms with Gasteiger partial charge in [-0.25, -0.2) is 0 Å². The summed E-state index contributed by atoms with van der Waals surface area (Å²) in [6, 6.07) is 15.4. The molecule has 1 atom stereocenters. The van der Waals surface area contributed by atoms with Crippen molar-refractivity contribution in [1.29, 1.82) is 0 Å². The Morgan fingerprint density at radius 2 is 1.57 bits per heavy atom. The number of aryl methyl sites for hydroxylation is 1. The van der Waals surface area contributed by atoms with Crippen molar-refractivity contribution in [2.45, 2.75) is 25.2 Å². The fourth-order valence-corrected chi connectivity index (χ4v) is 2.05. The van der Waals surface area contributed by atoms with Gasteiger partial charge in [0.2, 0.25) is 0 Å². The zero-order chi connectivity index (χ0) is 15.3. The lowest BCUT2D eigenvalue weighted by Crippen LogP contribution is -2.17. The highest BCUT2D eigenvalue weighted by atomic mass is 19.4. The van der Waals surface area contributed by atoms with Crippen LogP contribution in [-0.2, 0) is 6.42 Å². The molecule has 0 amide bonds. The normalized spacial score (nSPS) is 13.0. The van der Waals surface area contributed by atoms with Crippen LogP contribution < -0.4 is 10.5 Å². The predicted octanol–water partition coefficient (Wildman–Crippen LogP) is 4.22. The maximum atomic E-state index is 12.1. The Hall–Kier alpha value is -2.01. The van der Waals surface area contributed by atoms with E-state index in [4.69, 9.17) is 5.73 Å². The topological polar surface area (TPSA) is 35.2 Å². The summed E-state index contributed by atoms with van der Waals surface area (Å²) < 4.78 is 40.0. The van der Waals surface area contributed by atoms with Crippen LogP contribution in [0.2, 0.25) is 0 Å². The van der Waals surface area contributed by atoms with Crippen molar-refractivity contribution < 1.29 is 17.9 Å². The molecule has 0 saturated carbocycles. The Morgan fingerprint density at radius 3 is 2.14 bits per heavy atom. The van der Waals surface area contributed by atoms with Gasteiger partial charge in [-0.3, -0.25) is 0 Å². The van der Waals surface area contributed by atoms with Gasteiger partial charge in [0.1, 0.15) is 5.75 Å². The zero-order valence-corrected chi connectivity index (χ0v) is 11.3. The van der Waals surface area contributed by atoms with Crippen LogP contribution >= 0.6 is 0 Å². The van der Waals surface area contributed by atoms with Crippen LogP contribution in [-0.4, -0.2) is 6.36 Å². The second kappa shape index (κ2) is 6.63. The summed E-state index contributed by atoms with van der Waals surface area (Å²) in [4.78, 5) is 0. The van der Waals surface area contributed by atoms with Gasteiger partial charge < -0.3 is 10.5 Å². The Labute approximate surface area is 121 Å². The van der Waals surface area contributed by atoms with Crippen molar-refractivity contribution in [2.75, 3.05) is 0 Å². The second-order valence-electron chi connectivity index (χ2n) is 4.75. The van der Waals surface area contributed by atoms with Crippen LogP contribution in [0.3, 0.4) is 0 Å². The number of benzene rings is 2. The predicted molar refractivity (Wildman–Crippen MR) is 74.8 cm³/mol. The number of nitrogens with two attached hydrogens (primary N) is 1. The first-order valence-electron chi connectivity index (χ1n) is 6.59. The number of hydrogen-bond donors (Lipinski definition) is 1. The van der Waals surface area contributed by atoms with Crippen molar-refractivity contribution >= 4 is 0 Å². The van der Waals surface area contributed by atoms with Crippen molar-refractivity contribution in [3.8, 4) is 5.75 Å². The van der Waals surface area contributed by atoms with Crippen molar-refractivity contribution in [2.24, 2.45) is 5.73 Å². The molecule has 2 aromatic carbocycles. The lowest BCUT2D eigenvalue weighted by molar-refractivity contribution is -0.274. The number of halogens is 3. The second-order valence-corrected chi connectivity index (χ2v) is 4.75. The van der Waals surface area contributed by atoms with Gasteiger partial charge in [0, 0.05) is 6.04 Å². The summed E-state index contributed by atoms with van der Waals surface area (Å²) >= 11 is 0. The molecule has 0 aliphatic heterocycles. The number of rotatable bonds is 5. The molecule has 2 nitrogen and oxygen atoms in total. The summed E-state index contributed by atoms with van der Waals surface area (Å²) in [6.45, 7) is 0. The largest absolute Gasteiger partial charge is 0.573 e. The van der Waals surface area contributed by atoms with E-state index in [1.807, 2.05) is 30.3 Å². The SMILES string of the molecule is NC(CCc1ccccc1)c1ccc(OC(F)(F)F)cc1. The first-order valence-corrected chi connectivity index (χ1v) is 6.59. The minimum Gasteiger partial charge on any atom is -0.406 e. The van der Waals surface area contributed by atoms with E-state index in [0.29, 0.717) is 0 Å². The Bertz CT molecular complexity index is 552. The Balaban J connectivity index is 1.92. The lowest BCUT2D eigenvalue weighted by Gasteiger charge is -2.13. The molecule has 1 unspecified atom stereocenters. The van der Waals surface area contributed by atoms with E-state index < -0.39 is 6.36 Å². The van der Waals surface area contributed by atoms with Crippen LogP contribution in [0, 0.1) is 0 Å². The van der Waals surface area contributed by atoms with Crippen LogP contribution in [0.4, 0.5) is 13.2 Å². The molecule has 0 aliphatic carbocycles. The first-order chi connectivity index (χ1) is 9.94. The van der Waals surface area contributed by atoms with E-state index in [1.165, 1.54) is 17.7 Å². The van der Waals surface area contributed by atoms with Crippen molar-refractivity contribution in [3.63, 3.8) is 0 Å². The van der Waals surface area contributed by atoms with Crippen LogP contribution in [0.15, 0.2) is 54.6 Å². The van der Waals surface area contributed by atoms with Gasteiger partial charge in [-0.1, -0.05) is 42.5 Å². The molecule has 5 heteroatoms. The highest BCUT2D eigenvalue weighted by Crippen LogP contribution is 2.25. The molecule has 0 bridgehead atoms. The maximum Gasteiger partial charge on any atom is 0.573 e. The third kappa shape index (κ3) is 5.11. The molecule has 0 aliphatic rings. The summed E-state index contributed by atoms with van der Waals surface area (Å²) in [5.74, 6) is -0.235. The molecular formula is C16H16F3NO. The molecule has 0 heterocycles. The van der Waals surface area contributed by atoms with Gasteiger partial charge in [0.25, 0.3) is 0 Å². The molecule has 21 heavy (non-hydrogen) atoms. The average Bonchev–Trinajstić information content (AvgIpc) is 2.45. The molecule has 0 radical (unpaired) electrons. The first kappa shape index (κ1) is 15.4. The molecule has 0 aromatic heterocycles. The van der Waals surface area contributed by atoms with Gasteiger partial charge >= 0.3 is 6.36 Å². The van der Waals surface area contributed by atoms with E-state index >= 15 is 0 Å². The highest BCUT2D eigenvalue weighted by Gasteiger charge is 2.30. The molecule has 0 saturated heterocycles. The molecular weight excluding hydrogens is 279 g/mol. The van der Waals surface area contributed by atoms with E-state index in [0.717, 1.165) is 18.4 Å². The fourth-order valence-electron chi connectivity index (χ4n) is 2.05. The van der Waals surface area contributed by atoms with Gasteiger partial charge in [-0.05, 0) is 36.1 Å². The van der Waals surface area contributed by atoms with E-state index in [1.54, 1.807) is 12.1 Å². The molecule has 112 valence electrons. The Kier molecular flexibility index (Phi) is 4.85. The monoisotopic (exact) mass is 295 g/mol. The van der Waals surface area contributed by atoms with Gasteiger partial charge in [0.05, 0.1) is 0 Å². The van der Waals surface area contributed by atoms with E-state index in [9.17, 15) is 13.2 Å². The summed E-state index contributed by atoms with van der Waals surface area (Å²) in [6.07, 6.45) is -3.12. The van der Waals surface area contributed by atoms with Crippen LogP contribution in [0.1, 0.15) is 23.6 Å². The molecule has 2 rings (SSSR count). The van der Waals surface area contributed by atoms with Crippen molar-refractivity contribution in [1.82, 2.24) is 0 Å². The molecule has 2 N–H and O–H groups in total. The van der Waals surface area contributed by atoms with Crippen LogP contribution in [0.25, 0.3) is 0 Å². The van der Waals surface area contributed by atoms with Crippen LogP contribution in [0.5, 0.6) is 5.75 Å². The van der Waals surface area contributed by atoms with Gasteiger partial charge in [-0.2, -0.15) is 0 Å². The smallest absolute Gasteiger partial charge is 0.406 e. The molecule has 0 fully saturated rings. The summed E-state index contributed by atoms with van der Waals surface area (Å²) in [7, 11) is 0. The van der Waals surface area contributed by atoms with Gasteiger partial charge in [-0.15, -0.1) is 13.2 Å². The van der Waals surface area contributed by atoms with E-state index in [-0.39, 0.29) is 11.8 Å².